The summed E-state index contributed by atoms with van der Waals surface area (Å²) >= 11 is 0. The molecule has 0 heterocycles. The second-order valence-electron chi connectivity index (χ2n) is 5.24. The average Bonchev–Trinajstić information content (AvgIpc) is 2.55. The first-order valence-electron chi connectivity index (χ1n) is 7.39. The van der Waals surface area contributed by atoms with Gasteiger partial charge in [-0.05, 0) is 42.8 Å². The summed E-state index contributed by atoms with van der Waals surface area (Å²) in [6.45, 7) is 2.36. The third kappa shape index (κ3) is 4.89. The number of sulfonamides is 1. The van der Waals surface area contributed by atoms with Gasteiger partial charge in [0.25, 0.3) is 5.91 Å². The number of hydrogen-bond donors (Lipinski definition) is 2. The predicted octanol–water partition coefficient (Wildman–Crippen LogP) is 2.17. The van der Waals surface area contributed by atoms with Crippen LogP contribution in [-0.4, -0.2) is 34.6 Å². The van der Waals surface area contributed by atoms with Gasteiger partial charge in [0.05, 0.1) is 11.5 Å². The van der Waals surface area contributed by atoms with Gasteiger partial charge in [0.1, 0.15) is 0 Å². The topological polar surface area (TPSA) is 84.5 Å². The first kappa shape index (κ1) is 18.1. The monoisotopic (exact) mass is 348 g/mol. The van der Waals surface area contributed by atoms with E-state index in [4.69, 9.17) is 4.74 Å². The van der Waals surface area contributed by atoms with E-state index in [0.29, 0.717) is 5.69 Å². The van der Waals surface area contributed by atoms with Crippen LogP contribution >= 0.6 is 0 Å². The third-order valence-corrected chi connectivity index (χ3v) is 4.74. The Bertz CT molecular complexity index is 819. The van der Waals surface area contributed by atoms with E-state index in [1.54, 1.807) is 12.1 Å². The number of methoxy groups -OCH3 is 1. The molecule has 2 N–H and O–H groups in total. The molecule has 24 heavy (non-hydrogen) atoms. The quantitative estimate of drug-likeness (QED) is 0.751. The van der Waals surface area contributed by atoms with Crippen molar-refractivity contribution in [1.29, 1.82) is 0 Å². The highest BCUT2D eigenvalue weighted by molar-refractivity contribution is 7.89. The van der Waals surface area contributed by atoms with Crippen molar-refractivity contribution in [3.05, 3.63) is 59.7 Å². The molecule has 0 unspecified atom stereocenters. The molecule has 0 fully saturated rings. The first-order chi connectivity index (χ1) is 11.4. The van der Waals surface area contributed by atoms with E-state index < -0.39 is 10.0 Å². The molecule has 1 amide bonds. The second-order valence-corrected chi connectivity index (χ2v) is 7.01. The van der Waals surface area contributed by atoms with Gasteiger partial charge in [0.15, 0.2) is 0 Å². The predicted molar refractivity (Wildman–Crippen MR) is 92.6 cm³/mol. The molecule has 0 aliphatic carbocycles. The number of carbonyl (C=O) groups excluding carboxylic acids is 1. The van der Waals surface area contributed by atoms with E-state index in [0.717, 1.165) is 5.56 Å². The van der Waals surface area contributed by atoms with Crippen LogP contribution in [0.3, 0.4) is 0 Å². The summed E-state index contributed by atoms with van der Waals surface area (Å²) < 4.78 is 31.6. The number of nitrogens with one attached hydrogen (secondary N) is 2. The van der Waals surface area contributed by atoms with Gasteiger partial charge in [0.2, 0.25) is 10.0 Å². The van der Waals surface area contributed by atoms with Crippen LogP contribution in [0.25, 0.3) is 0 Å². The molecule has 0 bridgehead atoms. The van der Waals surface area contributed by atoms with Gasteiger partial charge >= 0.3 is 0 Å². The number of amides is 1. The van der Waals surface area contributed by atoms with E-state index in [-0.39, 0.29) is 29.5 Å². The van der Waals surface area contributed by atoms with Crippen LogP contribution < -0.4 is 10.0 Å². The van der Waals surface area contributed by atoms with Crippen molar-refractivity contribution in [3.63, 3.8) is 0 Å². The first-order valence-corrected chi connectivity index (χ1v) is 8.87. The summed E-state index contributed by atoms with van der Waals surface area (Å²) in [5.74, 6) is -0.366. The molecule has 0 aliphatic rings. The van der Waals surface area contributed by atoms with Crippen molar-refractivity contribution in [2.45, 2.75) is 11.8 Å². The molecular formula is C17H20N2O4S. The Morgan fingerprint density at radius 2 is 1.88 bits per heavy atom. The minimum absolute atomic E-state index is 0.0375. The molecule has 0 saturated heterocycles. The minimum Gasteiger partial charge on any atom is -0.383 e. The Hall–Kier alpha value is -2.22. The summed E-state index contributed by atoms with van der Waals surface area (Å²) in [6, 6.07) is 13.3. The summed E-state index contributed by atoms with van der Waals surface area (Å²) in [5, 5.41) is 2.76. The highest BCUT2D eigenvalue weighted by Gasteiger charge is 2.16. The molecule has 2 aromatic rings. The zero-order chi connectivity index (χ0) is 17.6. The van der Waals surface area contributed by atoms with Crippen LogP contribution in [0.4, 0.5) is 5.69 Å². The zero-order valence-corrected chi connectivity index (χ0v) is 14.4. The second kappa shape index (κ2) is 8.05. The number of benzene rings is 2. The Morgan fingerprint density at radius 1 is 1.12 bits per heavy atom. The standard InChI is InChI=1S/C17H20N2O4S/c1-13-5-3-7-15(11-13)19-17(20)14-6-4-8-16(12-14)24(21,22)18-9-10-23-2/h3-8,11-12,18H,9-10H2,1-2H3,(H,19,20). The maximum atomic E-state index is 12.3. The molecule has 2 rings (SSSR count). The number of rotatable bonds is 7. The van der Waals surface area contributed by atoms with Crippen molar-refractivity contribution in [3.8, 4) is 0 Å². The average molecular weight is 348 g/mol. The van der Waals surface area contributed by atoms with Gasteiger partial charge in [-0.2, -0.15) is 0 Å². The molecule has 6 nitrogen and oxygen atoms in total. The molecule has 7 heteroatoms. The fourth-order valence-electron chi connectivity index (χ4n) is 2.09. The molecule has 0 saturated carbocycles. The summed E-state index contributed by atoms with van der Waals surface area (Å²) in [5.41, 5.74) is 1.95. The van der Waals surface area contributed by atoms with Gasteiger partial charge in [-0.25, -0.2) is 13.1 Å². The molecular weight excluding hydrogens is 328 g/mol. The molecule has 0 radical (unpaired) electrons. The Balaban J connectivity index is 2.16. The van der Waals surface area contributed by atoms with E-state index >= 15 is 0 Å². The lowest BCUT2D eigenvalue weighted by Crippen LogP contribution is -2.27. The Labute approximate surface area is 141 Å². The lowest BCUT2D eigenvalue weighted by atomic mass is 10.2. The van der Waals surface area contributed by atoms with Crippen LogP contribution in [-0.2, 0) is 14.8 Å². The fraction of sp³-hybridized carbons (Fsp3) is 0.235. The van der Waals surface area contributed by atoms with Crippen LogP contribution in [0.15, 0.2) is 53.4 Å². The van der Waals surface area contributed by atoms with Crippen molar-refractivity contribution in [1.82, 2.24) is 4.72 Å². The van der Waals surface area contributed by atoms with Gasteiger partial charge in [-0.3, -0.25) is 4.79 Å². The fourth-order valence-corrected chi connectivity index (χ4v) is 3.15. The summed E-state index contributed by atoms with van der Waals surface area (Å²) in [6.07, 6.45) is 0. The minimum atomic E-state index is -3.68. The van der Waals surface area contributed by atoms with E-state index in [1.165, 1.54) is 25.3 Å². The summed E-state index contributed by atoms with van der Waals surface area (Å²) in [4.78, 5) is 12.4. The zero-order valence-electron chi connectivity index (χ0n) is 13.6. The Kier molecular flexibility index (Phi) is 6.08. The van der Waals surface area contributed by atoms with Crippen molar-refractivity contribution in [2.24, 2.45) is 0 Å². The molecule has 128 valence electrons. The number of aryl methyl sites for hydroxylation is 1. The smallest absolute Gasteiger partial charge is 0.255 e. The summed E-state index contributed by atoms with van der Waals surface area (Å²) in [7, 11) is -2.19. The maximum absolute atomic E-state index is 12.3. The Morgan fingerprint density at radius 3 is 2.58 bits per heavy atom. The largest absolute Gasteiger partial charge is 0.383 e. The van der Waals surface area contributed by atoms with Crippen LogP contribution in [0.5, 0.6) is 0 Å². The number of hydrogen-bond acceptors (Lipinski definition) is 4. The maximum Gasteiger partial charge on any atom is 0.255 e. The molecule has 0 spiro atoms. The lowest BCUT2D eigenvalue weighted by molar-refractivity contribution is 0.102. The molecule has 2 aromatic carbocycles. The van der Waals surface area contributed by atoms with Gasteiger partial charge in [-0.1, -0.05) is 18.2 Å². The highest BCUT2D eigenvalue weighted by Crippen LogP contribution is 2.15. The number of carbonyl (C=O) groups is 1. The van der Waals surface area contributed by atoms with E-state index in [1.807, 2.05) is 25.1 Å². The van der Waals surface area contributed by atoms with Gasteiger partial charge in [0, 0.05) is 24.9 Å². The van der Waals surface area contributed by atoms with Gasteiger partial charge < -0.3 is 10.1 Å². The SMILES string of the molecule is COCCNS(=O)(=O)c1cccc(C(=O)Nc2cccc(C)c2)c1. The number of anilines is 1. The van der Waals surface area contributed by atoms with E-state index in [9.17, 15) is 13.2 Å². The van der Waals surface area contributed by atoms with Crippen LogP contribution in [0, 0.1) is 6.92 Å². The van der Waals surface area contributed by atoms with E-state index in [2.05, 4.69) is 10.0 Å². The van der Waals surface area contributed by atoms with Crippen molar-refractivity contribution < 1.29 is 17.9 Å². The lowest BCUT2D eigenvalue weighted by Gasteiger charge is -2.09. The van der Waals surface area contributed by atoms with Gasteiger partial charge in [-0.15, -0.1) is 0 Å². The van der Waals surface area contributed by atoms with Crippen molar-refractivity contribution in [2.75, 3.05) is 25.6 Å². The molecule has 0 aromatic heterocycles. The third-order valence-electron chi connectivity index (χ3n) is 3.28. The number of ether oxygens (including phenoxy) is 1. The molecule has 0 aliphatic heterocycles. The highest BCUT2D eigenvalue weighted by atomic mass is 32.2. The normalized spacial score (nSPS) is 11.2. The molecule has 0 atom stereocenters. The van der Waals surface area contributed by atoms with Crippen molar-refractivity contribution >= 4 is 21.6 Å². The van der Waals surface area contributed by atoms with Crippen LogP contribution in [0.1, 0.15) is 15.9 Å². The van der Waals surface area contributed by atoms with Crippen LogP contribution in [0.2, 0.25) is 0 Å².